The summed E-state index contributed by atoms with van der Waals surface area (Å²) in [5.74, 6) is -0.128. The number of benzene rings is 1. The van der Waals surface area contributed by atoms with Crippen molar-refractivity contribution in [2.24, 2.45) is 0 Å². The van der Waals surface area contributed by atoms with Crippen LogP contribution in [0.1, 0.15) is 17.0 Å². The second-order valence-electron chi connectivity index (χ2n) is 6.46. The molecule has 7 nitrogen and oxygen atoms in total. The summed E-state index contributed by atoms with van der Waals surface area (Å²) in [6.07, 6.45) is 3.66. The highest BCUT2D eigenvalue weighted by Gasteiger charge is 2.10. The van der Waals surface area contributed by atoms with Crippen LogP contribution >= 0.6 is 11.3 Å². The number of rotatable bonds is 8. The van der Waals surface area contributed by atoms with E-state index in [-0.39, 0.29) is 24.9 Å². The van der Waals surface area contributed by atoms with Gasteiger partial charge in [0.1, 0.15) is 5.01 Å². The Bertz CT molecular complexity index is 931. The lowest BCUT2D eigenvalue weighted by atomic mass is 10.2. The number of urea groups is 1. The normalized spacial score (nSPS) is 10.4. The number of carbonyl (C=O) groups is 2. The zero-order valence-electron chi connectivity index (χ0n) is 16.2. The Balaban J connectivity index is 1.36. The Morgan fingerprint density at radius 2 is 1.83 bits per heavy atom. The summed E-state index contributed by atoms with van der Waals surface area (Å²) in [5, 5.41) is 8.39. The van der Waals surface area contributed by atoms with Crippen LogP contribution in [0.25, 0.3) is 11.3 Å². The average molecular weight is 410 g/mol. The molecule has 0 saturated carbocycles. The van der Waals surface area contributed by atoms with E-state index in [4.69, 9.17) is 0 Å². The second-order valence-corrected chi connectivity index (χ2v) is 7.41. The molecule has 2 heterocycles. The molecule has 3 amide bonds. The minimum absolute atomic E-state index is 0.128. The first-order chi connectivity index (χ1) is 14.1. The van der Waals surface area contributed by atoms with Crippen molar-refractivity contribution in [2.75, 3.05) is 13.6 Å². The van der Waals surface area contributed by atoms with Crippen LogP contribution < -0.4 is 10.6 Å². The Kier molecular flexibility index (Phi) is 7.29. The van der Waals surface area contributed by atoms with Crippen LogP contribution in [0.4, 0.5) is 4.79 Å². The van der Waals surface area contributed by atoms with E-state index in [0.717, 1.165) is 21.8 Å². The van der Waals surface area contributed by atoms with Crippen molar-refractivity contribution in [3.8, 4) is 11.3 Å². The van der Waals surface area contributed by atoms with Gasteiger partial charge in [0.2, 0.25) is 5.91 Å². The number of aromatic nitrogens is 2. The molecular formula is C21H23N5O2S. The quantitative estimate of drug-likeness (QED) is 0.599. The molecule has 2 aromatic heterocycles. The predicted octanol–water partition coefficient (Wildman–Crippen LogP) is 3.05. The average Bonchev–Trinajstić information content (AvgIpc) is 3.22. The summed E-state index contributed by atoms with van der Waals surface area (Å²) in [6, 6.07) is 13.3. The van der Waals surface area contributed by atoms with E-state index >= 15 is 0 Å². The van der Waals surface area contributed by atoms with Crippen molar-refractivity contribution in [1.82, 2.24) is 25.5 Å². The van der Waals surface area contributed by atoms with E-state index in [2.05, 4.69) is 20.6 Å². The molecule has 0 radical (unpaired) electrons. The molecule has 0 aliphatic carbocycles. The molecule has 0 bridgehead atoms. The van der Waals surface area contributed by atoms with Gasteiger partial charge in [-0.05, 0) is 17.7 Å². The first-order valence-electron chi connectivity index (χ1n) is 9.26. The number of nitrogens with zero attached hydrogens (tertiary/aromatic N) is 3. The predicted molar refractivity (Wildman–Crippen MR) is 113 cm³/mol. The van der Waals surface area contributed by atoms with Gasteiger partial charge in [0.15, 0.2) is 0 Å². The molecule has 0 unspecified atom stereocenters. The van der Waals surface area contributed by atoms with Crippen molar-refractivity contribution in [1.29, 1.82) is 0 Å². The molecule has 0 atom stereocenters. The zero-order valence-corrected chi connectivity index (χ0v) is 17.0. The van der Waals surface area contributed by atoms with Crippen LogP contribution in [0.5, 0.6) is 0 Å². The van der Waals surface area contributed by atoms with E-state index < -0.39 is 0 Å². The number of hydrogen-bond donors (Lipinski definition) is 2. The smallest absolute Gasteiger partial charge is 0.317 e. The van der Waals surface area contributed by atoms with Crippen molar-refractivity contribution in [3.05, 3.63) is 70.8 Å². The third-order valence-corrected chi connectivity index (χ3v) is 5.05. The van der Waals surface area contributed by atoms with Gasteiger partial charge in [0, 0.05) is 49.9 Å². The van der Waals surface area contributed by atoms with Gasteiger partial charge < -0.3 is 15.5 Å². The molecule has 0 saturated heterocycles. The topological polar surface area (TPSA) is 87.2 Å². The molecule has 1 aromatic carbocycles. The van der Waals surface area contributed by atoms with Gasteiger partial charge in [-0.15, -0.1) is 11.3 Å². The fraction of sp³-hybridized carbons (Fsp3) is 0.238. The molecule has 8 heteroatoms. The largest absolute Gasteiger partial charge is 0.350 e. The number of carbonyl (C=O) groups excluding carboxylic acids is 2. The number of pyridine rings is 1. The monoisotopic (exact) mass is 409 g/mol. The summed E-state index contributed by atoms with van der Waals surface area (Å²) in [4.78, 5) is 34.2. The van der Waals surface area contributed by atoms with E-state index in [1.54, 1.807) is 24.3 Å². The van der Waals surface area contributed by atoms with Gasteiger partial charge in [-0.3, -0.25) is 9.78 Å². The van der Waals surface area contributed by atoms with Crippen molar-refractivity contribution >= 4 is 23.3 Å². The molecule has 3 rings (SSSR count). The maximum Gasteiger partial charge on any atom is 0.317 e. The molecule has 150 valence electrons. The van der Waals surface area contributed by atoms with Crippen LogP contribution in [0, 0.1) is 0 Å². The number of hydrogen-bond acceptors (Lipinski definition) is 5. The van der Waals surface area contributed by atoms with Crippen LogP contribution in [-0.2, 0) is 17.9 Å². The van der Waals surface area contributed by atoms with Crippen LogP contribution in [0.2, 0.25) is 0 Å². The van der Waals surface area contributed by atoms with E-state index in [0.29, 0.717) is 13.1 Å². The van der Waals surface area contributed by atoms with Gasteiger partial charge >= 0.3 is 6.03 Å². The Morgan fingerprint density at radius 3 is 2.59 bits per heavy atom. The summed E-state index contributed by atoms with van der Waals surface area (Å²) >= 11 is 1.50. The zero-order chi connectivity index (χ0) is 20.5. The van der Waals surface area contributed by atoms with E-state index in [1.807, 2.05) is 47.8 Å². The molecule has 3 aromatic rings. The molecule has 0 aliphatic rings. The number of amides is 3. The molecular weight excluding hydrogens is 386 g/mol. The SMILES string of the molecule is CN(Cc1ccccc1)C(=O)NCCC(=O)NCc1nc(-c2ccncc2)cs1. The third kappa shape index (κ3) is 6.39. The van der Waals surface area contributed by atoms with Crippen molar-refractivity contribution < 1.29 is 9.59 Å². The highest BCUT2D eigenvalue weighted by Crippen LogP contribution is 2.20. The highest BCUT2D eigenvalue weighted by atomic mass is 32.1. The molecule has 0 spiro atoms. The van der Waals surface area contributed by atoms with Crippen molar-refractivity contribution in [3.63, 3.8) is 0 Å². The highest BCUT2D eigenvalue weighted by molar-refractivity contribution is 7.09. The summed E-state index contributed by atoms with van der Waals surface area (Å²) < 4.78 is 0. The Morgan fingerprint density at radius 1 is 1.07 bits per heavy atom. The van der Waals surface area contributed by atoms with Gasteiger partial charge in [-0.25, -0.2) is 9.78 Å². The first kappa shape index (κ1) is 20.5. The van der Waals surface area contributed by atoms with Gasteiger partial charge in [0.05, 0.1) is 12.2 Å². The number of nitrogens with one attached hydrogen (secondary N) is 2. The lowest BCUT2D eigenvalue weighted by Gasteiger charge is -2.18. The van der Waals surface area contributed by atoms with Gasteiger partial charge in [0.25, 0.3) is 0 Å². The van der Waals surface area contributed by atoms with E-state index in [1.165, 1.54) is 11.3 Å². The fourth-order valence-electron chi connectivity index (χ4n) is 2.66. The van der Waals surface area contributed by atoms with Crippen LogP contribution in [-0.4, -0.2) is 40.4 Å². The number of thiazole rings is 1. The Labute approximate surface area is 173 Å². The summed E-state index contributed by atoms with van der Waals surface area (Å²) in [7, 11) is 1.73. The maximum absolute atomic E-state index is 12.1. The fourth-order valence-corrected chi connectivity index (χ4v) is 3.40. The standard InChI is InChI=1S/C21H23N5O2S/c1-26(14-16-5-3-2-4-6-16)21(28)23-12-9-19(27)24-13-20-25-18(15-29-20)17-7-10-22-11-8-17/h2-8,10-11,15H,9,12-14H2,1H3,(H,23,28)(H,24,27). The first-order valence-corrected chi connectivity index (χ1v) is 10.1. The minimum Gasteiger partial charge on any atom is -0.350 e. The lowest BCUT2D eigenvalue weighted by molar-refractivity contribution is -0.121. The lowest BCUT2D eigenvalue weighted by Crippen LogP contribution is -2.38. The summed E-state index contributed by atoms with van der Waals surface area (Å²) in [5.41, 5.74) is 2.92. The van der Waals surface area contributed by atoms with Gasteiger partial charge in [-0.1, -0.05) is 30.3 Å². The summed E-state index contributed by atoms with van der Waals surface area (Å²) in [6.45, 7) is 1.17. The van der Waals surface area contributed by atoms with Gasteiger partial charge in [-0.2, -0.15) is 0 Å². The molecule has 0 aliphatic heterocycles. The van der Waals surface area contributed by atoms with Crippen LogP contribution in [0.15, 0.2) is 60.2 Å². The van der Waals surface area contributed by atoms with E-state index in [9.17, 15) is 9.59 Å². The third-order valence-electron chi connectivity index (χ3n) is 4.20. The molecule has 29 heavy (non-hydrogen) atoms. The van der Waals surface area contributed by atoms with Crippen molar-refractivity contribution in [2.45, 2.75) is 19.5 Å². The Hall–Kier alpha value is -3.26. The van der Waals surface area contributed by atoms with Crippen LogP contribution in [0.3, 0.4) is 0 Å². The minimum atomic E-state index is -0.205. The molecule has 0 fully saturated rings. The maximum atomic E-state index is 12.1. The second kappa shape index (κ2) is 10.3. The molecule has 2 N–H and O–H groups in total.